The summed E-state index contributed by atoms with van der Waals surface area (Å²) in [6.07, 6.45) is 13.7. The minimum atomic E-state index is -2.14. The largest absolute Gasteiger partial charge is 0.478 e. The van der Waals surface area contributed by atoms with Crippen molar-refractivity contribution in [3.63, 3.8) is 0 Å². The van der Waals surface area contributed by atoms with E-state index in [0.29, 0.717) is 12.8 Å². The second-order valence-electron chi connectivity index (χ2n) is 18.4. The Morgan fingerprint density at radius 3 is 2.21 bits per heavy atom. The standard InChI is InChI=1S/C50H77NO16/c1-11-12-15-22-41-49(6,7)40(53)28-50(58,67-41)34(29-62-43-27-39(60-9)47(33(5)64-43)66-44-26-38(59-8)45(56)32(4)63-44)48(57)51-24-19-18-20-30(2)46(61-10)31(3)37-25-35(52)36(65-37)21-16-13-14-17-23-42(54)55/h11-23,31-41,43-47,52-53,56,58H,24-29H2,1-10H3,(H,51,57)(H,54,55)/b12-11-,14-13+,19-18+,21-16+,22-15+,23-17+,30-20+/t31?,32-,33-,34-,35?,36?,37?,38+,39-,40+,41+,43+,44+,45-,46?,47+,50+/m1/s1. The maximum absolute atomic E-state index is 14.2. The summed E-state index contributed by atoms with van der Waals surface area (Å²) >= 11 is 0. The number of hydrogen-bond acceptors (Lipinski definition) is 15. The van der Waals surface area contributed by atoms with Crippen LogP contribution in [0, 0.1) is 17.3 Å². The van der Waals surface area contributed by atoms with Gasteiger partial charge in [-0.25, -0.2) is 4.79 Å². The molecular weight excluding hydrogens is 871 g/mol. The molecule has 4 heterocycles. The highest BCUT2D eigenvalue weighted by atomic mass is 16.7. The van der Waals surface area contributed by atoms with Gasteiger partial charge in [-0.15, -0.1) is 0 Å². The van der Waals surface area contributed by atoms with E-state index in [4.69, 9.17) is 47.7 Å². The first-order chi connectivity index (χ1) is 31.8. The van der Waals surface area contributed by atoms with Crippen LogP contribution >= 0.6 is 0 Å². The Balaban J connectivity index is 1.44. The van der Waals surface area contributed by atoms with E-state index in [9.17, 15) is 30.0 Å². The Kier molecular flexibility index (Phi) is 22.3. The fraction of sp³-hybridized carbons (Fsp3) is 0.680. The number of hydrogen-bond donors (Lipinski definition) is 6. The highest BCUT2D eigenvalue weighted by Crippen LogP contribution is 2.44. The molecule has 0 spiro atoms. The number of carbonyl (C=O) groups is 2. The van der Waals surface area contributed by atoms with Crippen LogP contribution in [-0.4, -0.2) is 164 Å². The third-order valence-corrected chi connectivity index (χ3v) is 13.2. The van der Waals surface area contributed by atoms with Gasteiger partial charge in [0.2, 0.25) is 5.91 Å². The van der Waals surface area contributed by atoms with Gasteiger partial charge in [0.15, 0.2) is 18.4 Å². The van der Waals surface area contributed by atoms with E-state index in [2.05, 4.69) is 5.32 Å². The molecule has 0 saturated carbocycles. The lowest BCUT2D eigenvalue weighted by atomic mass is 9.73. The second kappa shape index (κ2) is 26.5. The average molecular weight is 948 g/mol. The van der Waals surface area contributed by atoms with Gasteiger partial charge in [-0.3, -0.25) is 4.79 Å². The number of rotatable bonds is 22. The summed E-state index contributed by atoms with van der Waals surface area (Å²) in [7, 11) is 4.69. The van der Waals surface area contributed by atoms with E-state index in [-0.39, 0.29) is 44.1 Å². The topological polar surface area (TPSA) is 230 Å². The second-order valence-corrected chi connectivity index (χ2v) is 18.4. The maximum Gasteiger partial charge on any atom is 0.328 e. The van der Waals surface area contributed by atoms with Gasteiger partial charge in [0, 0.05) is 71.0 Å². The summed E-state index contributed by atoms with van der Waals surface area (Å²) in [5, 5.41) is 56.4. The van der Waals surface area contributed by atoms with E-state index < -0.39 is 103 Å². The molecule has 4 saturated heterocycles. The normalized spacial score (nSPS) is 36.8. The fourth-order valence-corrected chi connectivity index (χ4v) is 8.94. The van der Waals surface area contributed by atoms with Gasteiger partial charge in [-0.05, 0) is 33.3 Å². The summed E-state index contributed by atoms with van der Waals surface area (Å²) in [6.45, 7) is 12.8. The number of aliphatic hydroxyl groups is 4. The van der Waals surface area contributed by atoms with Crippen LogP contribution < -0.4 is 5.32 Å². The Hall–Kier alpha value is -3.40. The Morgan fingerprint density at radius 2 is 1.54 bits per heavy atom. The van der Waals surface area contributed by atoms with Gasteiger partial charge in [0.1, 0.15) is 24.2 Å². The quantitative estimate of drug-likeness (QED) is 0.0660. The summed E-state index contributed by atoms with van der Waals surface area (Å²) in [5.74, 6) is -5.20. The van der Waals surface area contributed by atoms with Crippen molar-refractivity contribution >= 4 is 11.9 Å². The molecule has 0 aromatic rings. The Labute approximate surface area is 396 Å². The summed E-state index contributed by atoms with van der Waals surface area (Å²) in [4.78, 5) is 24.8. The van der Waals surface area contributed by atoms with E-state index in [1.165, 1.54) is 13.2 Å². The van der Waals surface area contributed by atoms with Crippen molar-refractivity contribution in [2.24, 2.45) is 17.3 Å². The van der Waals surface area contributed by atoms with Crippen LogP contribution in [0.1, 0.15) is 74.1 Å². The minimum absolute atomic E-state index is 0.0814. The third-order valence-electron chi connectivity index (χ3n) is 13.2. The molecule has 4 rings (SSSR count). The number of amides is 1. The monoisotopic (exact) mass is 948 g/mol. The summed E-state index contributed by atoms with van der Waals surface area (Å²) in [6, 6.07) is 0. The number of allylic oxidation sites excluding steroid dienone is 9. The maximum atomic E-state index is 14.2. The van der Waals surface area contributed by atoms with Crippen molar-refractivity contribution in [1.82, 2.24) is 5.32 Å². The number of nitrogens with one attached hydrogen (secondary N) is 1. The molecule has 0 aromatic heterocycles. The van der Waals surface area contributed by atoms with Crippen molar-refractivity contribution in [3.05, 3.63) is 84.6 Å². The van der Waals surface area contributed by atoms with Crippen LogP contribution in [0.5, 0.6) is 0 Å². The zero-order valence-electron chi connectivity index (χ0n) is 40.7. The summed E-state index contributed by atoms with van der Waals surface area (Å²) in [5.41, 5.74) is 0.0829. The Bertz CT molecular complexity index is 1780. The van der Waals surface area contributed by atoms with Crippen molar-refractivity contribution in [2.75, 3.05) is 34.5 Å². The predicted octanol–water partition coefficient (Wildman–Crippen LogP) is 4.20. The number of methoxy groups -OCH3 is 3. The first-order valence-corrected chi connectivity index (χ1v) is 23.2. The number of aliphatic carboxylic acids is 1. The molecular formula is C50H77NO16. The zero-order chi connectivity index (χ0) is 49.5. The molecule has 378 valence electrons. The Morgan fingerprint density at radius 1 is 0.866 bits per heavy atom. The van der Waals surface area contributed by atoms with Gasteiger partial charge in [-0.1, -0.05) is 93.7 Å². The van der Waals surface area contributed by atoms with Crippen LogP contribution in [0.2, 0.25) is 0 Å². The highest BCUT2D eigenvalue weighted by Gasteiger charge is 2.55. The van der Waals surface area contributed by atoms with E-state index in [1.807, 2.05) is 59.8 Å². The number of carboxylic acid groups (broad SMARTS) is 1. The van der Waals surface area contributed by atoms with Crippen LogP contribution in [0.3, 0.4) is 0 Å². The highest BCUT2D eigenvalue weighted by molar-refractivity contribution is 5.80. The lowest BCUT2D eigenvalue weighted by Gasteiger charge is -2.50. The van der Waals surface area contributed by atoms with Crippen LogP contribution in [-0.2, 0) is 52.2 Å². The first kappa shape index (κ1) is 56.2. The van der Waals surface area contributed by atoms with Crippen LogP contribution in [0.25, 0.3) is 0 Å². The van der Waals surface area contributed by atoms with Gasteiger partial charge in [0.25, 0.3) is 0 Å². The molecule has 0 aromatic carbocycles. The van der Waals surface area contributed by atoms with Gasteiger partial charge < -0.3 is 73.5 Å². The predicted molar refractivity (Wildman–Crippen MR) is 248 cm³/mol. The zero-order valence-corrected chi connectivity index (χ0v) is 40.7. The molecule has 0 radical (unpaired) electrons. The molecule has 0 aliphatic carbocycles. The van der Waals surface area contributed by atoms with Crippen LogP contribution in [0.4, 0.5) is 0 Å². The number of aliphatic hydroxyl groups excluding tert-OH is 3. The smallest absolute Gasteiger partial charge is 0.328 e. The molecule has 17 heteroatoms. The lowest BCUT2D eigenvalue weighted by Crippen LogP contribution is -2.62. The molecule has 17 atom stereocenters. The molecule has 17 nitrogen and oxygen atoms in total. The minimum Gasteiger partial charge on any atom is -0.478 e. The SMILES string of the molecule is C/C=C\C=C\[C@@H]1O[C@](O)([C@H](CO[C@@H]2C[C@@H](OC)[C@@H](O[C@H]3C[C@H](OC)[C@H](O)[C@@H](C)O3)[C@@H](C)O2)C(=O)NC/C=C/C=C(\C)C(OC)C(C)C2CC(O)C(/C=C/C=C/C=C/C(=O)O)O2)C[C@H](O)C1(C)C. The molecule has 6 N–H and O–H groups in total. The third kappa shape index (κ3) is 15.5. The van der Waals surface area contributed by atoms with Crippen LogP contribution in [0.15, 0.2) is 84.6 Å². The van der Waals surface area contributed by atoms with Gasteiger partial charge in [0.05, 0.1) is 61.5 Å². The number of carboxylic acids is 1. The number of carbonyl (C=O) groups excluding carboxylic acids is 1. The molecule has 1 amide bonds. The molecule has 67 heavy (non-hydrogen) atoms. The first-order valence-electron chi connectivity index (χ1n) is 23.2. The molecule has 4 aliphatic rings. The van der Waals surface area contributed by atoms with E-state index >= 15 is 0 Å². The molecule has 4 aliphatic heterocycles. The molecule has 0 bridgehead atoms. The lowest BCUT2D eigenvalue weighted by molar-refractivity contribution is -0.332. The van der Waals surface area contributed by atoms with Crippen molar-refractivity contribution in [1.29, 1.82) is 0 Å². The van der Waals surface area contributed by atoms with E-state index in [1.54, 1.807) is 69.8 Å². The van der Waals surface area contributed by atoms with Gasteiger partial charge in [-0.2, -0.15) is 0 Å². The summed E-state index contributed by atoms with van der Waals surface area (Å²) < 4.78 is 54.5. The van der Waals surface area contributed by atoms with Crippen molar-refractivity contribution in [2.45, 2.75) is 166 Å². The van der Waals surface area contributed by atoms with E-state index in [0.717, 1.165) is 11.6 Å². The van der Waals surface area contributed by atoms with Gasteiger partial charge >= 0.3 is 5.97 Å². The fourth-order valence-electron chi connectivity index (χ4n) is 8.94. The molecule has 5 unspecified atom stereocenters. The van der Waals surface area contributed by atoms with Crippen molar-refractivity contribution < 1.29 is 77.8 Å². The molecule has 4 fully saturated rings. The number of ether oxygens (including phenoxy) is 9. The van der Waals surface area contributed by atoms with Crippen molar-refractivity contribution in [3.8, 4) is 0 Å². The average Bonchev–Trinajstić information content (AvgIpc) is 3.65.